The Bertz CT molecular complexity index is 509. The molecule has 0 radical (unpaired) electrons. The van der Waals surface area contributed by atoms with Gasteiger partial charge in [0.1, 0.15) is 0 Å². The van der Waals surface area contributed by atoms with Crippen LogP contribution in [0.3, 0.4) is 0 Å². The predicted octanol–water partition coefficient (Wildman–Crippen LogP) is 4.04. The average molecular weight is 291 g/mol. The highest BCUT2D eigenvalue weighted by Crippen LogP contribution is 2.26. The maximum atomic E-state index is 4.46. The molecule has 0 atom stereocenters. The Hall–Kier alpha value is -1.13. The second kappa shape index (κ2) is 7.60. The number of thiophene rings is 1. The first-order valence-electron chi connectivity index (χ1n) is 7.63. The molecule has 4 heteroatoms. The fourth-order valence-electron chi connectivity index (χ4n) is 2.45. The largest absolute Gasteiger partial charge is 0.301 e. The minimum Gasteiger partial charge on any atom is -0.301 e. The summed E-state index contributed by atoms with van der Waals surface area (Å²) in [5.74, 6) is 0. The summed E-state index contributed by atoms with van der Waals surface area (Å²) in [5, 5.41) is 4.46. The molecule has 1 aliphatic heterocycles. The van der Waals surface area contributed by atoms with Crippen LogP contribution in [0.25, 0.3) is 10.4 Å². The van der Waals surface area contributed by atoms with Crippen LogP contribution < -0.4 is 0 Å². The SMILES string of the molecule is CC.Cc1ccc(-c2cnn(CCN3CCCC3)c2)s1. The predicted molar refractivity (Wildman–Crippen MR) is 87.3 cm³/mol. The van der Waals surface area contributed by atoms with Gasteiger partial charge in [-0.15, -0.1) is 11.3 Å². The Labute approximate surface area is 126 Å². The van der Waals surface area contributed by atoms with Crippen molar-refractivity contribution in [3.05, 3.63) is 29.4 Å². The zero-order valence-electron chi connectivity index (χ0n) is 12.8. The molecule has 0 aliphatic carbocycles. The van der Waals surface area contributed by atoms with Gasteiger partial charge < -0.3 is 4.90 Å². The summed E-state index contributed by atoms with van der Waals surface area (Å²) in [5.41, 5.74) is 1.24. The first-order chi connectivity index (χ1) is 9.81. The van der Waals surface area contributed by atoms with Crippen LogP contribution in [0.1, 0.15) is 31.6 Å². The monoisotopic (exact) mass is 291 g/mol. The zero-order chi connectivity index (χ0) is 14.4. The Morgan fingerprint density at radius 1 is 1.15 bits per heavy atom. The van der Waals surface area contributed by atoms with Crippen LogP contribution in [0.4, 0.5) is 0 Å². The van der Waals surface area contributed by atoms with Crippen molar-refractivity contribution in [2.24, 2.45) is 0 Å². The molecule has 3 nitrogen and oxygen atoms in total. The molecule has 0 bridgehead atoms. The van der Waals surface area contributed by atoms with Crippen LogP contribution >= 0.6 is 11.3 Å². The van der Waals surface area contributed by atoms with Crippen molar-refractivity contribution in [3.63, 3.8) is 0 Å². The lowest BCUT2D eigenvalue weighted by molar-refractivity contribution is 0.316. The summed E-state index contributed by atoms with van der Waals surface area (Å²) in [6.07, 6.45) is 6.87. The highest BCUT2D eigenvalue weighted by atomic mass is 32.1. The van der Waals surface area contributed by atoms with Crippen molar-refractivity contribution in [3.8, 4) is 10.4 Å². The van der Waals surface area contributed by atoms with E-state index in [4.69, 9.17) is 0 Å². The van der Waals surface area contributed by atoms with Gasteiger partial charge in [0, 0.05) is 28.1 Å². The van der Waals surface area contributed by atoms with E-state index in [-0.39, 0.29) is 0 Å². The summed E-state index contributed by atoms with van der Waals surface area (Å²) >= 11 is 1.83. The molecule has 0 amide bonds. The fourth-order valence-corrected chi connectivity index (χ4v) is 3.30. The zero-order valence-corrected chi connectivity index (χ0v) is 13.6. The quantitative estimate of drug-likeness (QED) is 0.847. The van der Waals surface area contributed by atoms with Crippen LogP contribution in [0.15, 0.2) is 24.5 Å². The second-order valence-electron chi connectivity index (χ2n) is 4.95. The van der Waals surface area contributed by atoms with Crippen LogP contribution in [-0.2, 0) is 6.54 Å². The number of likely N-dealkylation sites (tertiary alicyclic amines) is 1. The standard InChI is InChI=1S/C14H19N3S.C2H6/c1-12-4-5-14(18-12)13-10-15-17(11-13)9-8-16-6-2-3-7-16;1-2/h4-5,10-11H,2-3,6-9H2,1H3;1-2H3. The highest BCUT2D eigenvalue weighted by Gasteiger charge is 2.11. The fraction of sp³-hybridized carbons (Fsp3) is 0.562. The molecule has 0 unspecified atom stereocenters. The third kappa shape index (κ3) is 3.93. The minimum absolute atomic E-state index is 1.00. The van der Waals surface area contributed by atoms with E-state index in [1.165, 1.54) is 41.2 Å². The number of aryl methyl sites for hydroxylation is 1. The van der Waals surface area contributed by atoms with Crippen molar-refractivity contribution in [2.75, 3.05) is 19.6 Å². The van der Waals surface area contributed by atoms with Gasteiger partial charge in [0.25, 0.3) is 0 Å². The van der Waals surface area contributed by atoms with Crippen molar-refractivity contribution in [1.29, 1.82) is 0 Å². The molecule has 20 heavy (non-hydrogen) atoms. The molecule has 2 aromatic rings. The Kier molecular flexibility index (Phi) is 5.80. The van der Waals surface area contributed by atoms with Crippen LogP contribution in [0.2, 0.25) is 0 Å². The molecule has 0 N–H and O–H groups in total. The lowest BCUT2D eigenvalue weighted by Gasteiger charge is -2.13. The van der Waals surface area contributed by atoms with Crippen molar-refractivity contribution >= 4 is 11.3 Å². The van der Waals surface area contributed by atoms with Crippen molar-refractivity contribution in [1.82, 2.24) is 14.7 Å². The summed E-state index contributed by atoms with van der Waals surface area (Å²) in [6.45, 7) is 10.8. The van der Waals surface area contributed by atoms with E-state index in [1.54, 1.807) is 0 Å². The van der Waals surface area contributed by atoms with Gasteiger partial charge in [-0.25, -0.2) is 0 Å². The first kappa shape index (κ1) is 15.3. The number of rotatable bonds is 4. The van der Waals surface area contributed by atoms with Crippen molar-refractivity contribution < 1.29 is 0 Å². The summed E-state index contributed by atoms with van der Waals surface area (Å²) in [4.78, 5) is 5.20. The van der Waals surface area contributed by atoms with Crippen molar-refractivity contribution in [2.45, 2.75) is 40.2 Å². The van der Waals surface area contributed by atoms with Gasteiger partial charge in [0.05, 0.1) is 12.7 Å². The molecule has 0 saturated carbocycles. The van der Waals surface area contributed by atoms with Gasteiger partial charge >= 0.3 is 0 Å². The summed E-state index contributed by atoms with van der Waals surface area (Å²) in [7, 11) is 0. The Balaban J connectivity index is 0.000000704. The van der Waals surface area contributed by atoms with Crippen LogP contribution in [-0.4, -0.2) is 34.3 Å². The molecule has 1 aliphatic rings. The Morgan fingerprint density at radius 2 is 1.90 bits per heavy atom. The molecule has 1 fully saturated rings. The number of hydrogen-bond acceptors (Lipinski definition) is 3. The number of hydrogen-bond donors (Lipinski definition) is 0. The smallest absolute Gasteiger partial charge is 0.0576 e. The molecular weight excluding hydrogens is 266 g/mol. The average Bonchev–Trinajstić information content (AvgIpc) is 3.20. The lowest BCUT2D eigenvalue weighted by atomic mass is 10.3. The third-order valence-corrected chi connectivity index (χ3v) is 4.55. The highest BCUT2D eigenvalue weighted by molar-refractivity contribution is 7.15. The Morgan fingerprint density at radius 3 is 2.55 bits per heavy atom. The van der Waals surface area contributed by atoms with E-state index in [1.807, 2.05) is 31.4 Å². The van der Waals surface area contributed by atoms with E-state index in [9.17, 15) is 0 Å². The van der Waals surface area contributed by atoms with E-state index in [0.29, 0.717) is 0 Å². The molecule has 3 heterocycles. The number of nitrogens with zero attached hydrogens (tertiary/aromatic N) is 3. The van der Waals surface area contributed by atoms with Gasteiger partial charge in [-0.1, -0.05) is 13.8 Å². The summed E-state index contributed by atoms with van der Waals surface area (Å²) < 4.78 is 2.07. The summed E-state index contributed by atoms with van der Waals surface area (Å²) in [6, 6.07) is 4.35. The van der Waals surface area contributed by atoms with Gasteiger partial charge in [-0.05, 0) is 45.0 Å². The second-order valence-corrected chi connectivity index (χ2v) is 6.24. The van der Waals surface area contributed by atoms with Gasteiger partial charge in [0.15, 0.2) is 0 Å². The van der Waals surface area contributed by atoms with Crippen LogP contribution in [0, 0.1) is 6.92 Å². The van der Waals surface area contributed by atoms with Gasteiger partial charge in [-0.2, -0.15) is 5.10 Å². The molecule has 0 spiro atoms. The van der Waals surface area contributed by atoms with Gasteiger partial charge in [0.2, 0.25) is 0 Å². The first-order valence-corrected chi connectivity index (χ1v) is 8.44. The third-order valence-electron chi connectivity index (χ3n) is 3.50. The maximum absolute atomic E-state index is 4.46. The van der Waals surface area contributed by atoms with E-state index < -0.39 is 0 Å². The minimum atomic E-state index is 1.00. The molecule has 110 valence electrons. The van der Waals surface area contributed by atoms with E-state index in [2.05, 4.69) is 39.9 Å². The maximum Gasteiger partial charge on any atom is 0.0576 e. The normalized spacial score (nSPS) is 15.2. The van der Waals surface area contributed by atoms with E-state index in [0.717, 1.165) is 13.1 Å². The van der Waals surface area contributed by atoms with E-state index >= 15 is 0 Å². The molecule has 3 rings (SSSR count). The molecular formula is C16H25N3S. The lowest BCUT2D eigenvalue weighted by Crippen LogP contribution is -2.24. The molecule has 2 aromatic heterocycles. The van der Waals surface area contributed by atoms with Gasteiger partial charge in [-0.3, -0.25) is 4.68 Å². The topological polar surface area (TPSA) is 21.1 Å². The van der Waals surface area contributed by atoms with Crippen LogP contribution in [0.5, 0.6) is 0 Å². The number of aromatic nitrogens is 2. The molecule has 1 saturated heterocycles. The molecule has 0 aromatic carbocycles.